The molecule has 0 bridgehead atoms. The molecule has 1 aromatic carbocycles. The van der Waals surface area contributed by atoms with Gasteiger partial charge in [-0.1, -0.05) is 6.07 Å². The van der Waals surface area contributed by atoms with Crippen molar-refractivity contribution in [1.29, 1.82) is 0 Å². The maximum Gasteiger partial charge on any atom is 0.231 e. The Hall–Kier alpha value is -3.09. The quantitative estimate of drug-likeness (QED) is 0.912. The number of nitrogens with one attached hydrogen (secondary N) is 1. The number of nitrogens with zero attached hydrogens (tertiary/aromatic N) is 2. The van der Waals surface area contributed by atoms with Crippen LogP contribution in [0.2, 0.25) is 0 Å². The van der Waals surface area contributed by atoms with Crippen molar-refractivity contribution in [2.75, 3.05) is 18.2 Å². The van der Waals surface area contributed by atoms with Crippen molar-refractivity contribution in [3.05, 3.63) is 48.3 Å². The van der Waals surface area contributed by atoms with Gasteiger partial charge in [-0.05, 0) is 24.3 Å². The van der Waals surface area contributed by atoms with Gasteiger partial charge in [0.05, 0.1) is 18.2 Å². The van der Waals surface area contributed by atoms with E-state index in [9.17, 15) is 9.59 Å². The molecule has 25 heavy (non-hydrogen) atoms. The van der Waals surface area contributed by atoms with Crippen molar-refractivity contribution in [3.8, 4) is 11.5 Å². The van der Waals surface area contributed by atoms with Gasteiger partial charge in [-0.2, -0.15) is 0 Å². The molecule has 4 rings (SSSR count). The lowest BCUT2D eigenvalue weighted by molar-refractivity contribution is -0.126. The smallest absolute Gasteiger partial charge is 0.231 e. The molecule has 1 atom stereocenters. The Morgan fingerprint density at radius 2 is 2.12 bits per heavy atom. The summed E-state index contributed by atoms with van der Waals surface area (Å²) in [6.07, 6.45) is 1.88. The van der Waals surface area contributed by atoms with Crippen LogP contribution in [0.4, 0.5) is 5.69 Å². The van der Waals surface area contributed by atoms with Gasteiger partial charge < -0.3 is 19.7 Å². The Bertz CT molecular complexity index is 809. The number of carbonyl (C=O) groups is 2. The van der Waals surface area contributed by atoms with E-state index < -0.39 is 0 Å². The highest BCUT2D eigenvalue weighted by atomic mass is 16.7. The molecule has 2 aliphatic rings. The molecule has 1 fully saturated rings. The van der Waals surface area contributed by atoms with Crippen LogP contribution in [-0.2, 0) is 16.1 Å². The number of rotatable bonds is 4. The molecule has 7 nitrogen and oxygen atoms in total. The lowest BCUT2D eigenvalue weighted by atomic mass is 10.1. The number of amides is 2. The summed E-state index contributed by atoms with van der Waals surface area (Å²) in [7, 11) is 0. The minimum atomic E-state index is -0.373. The molecule has 2 aliphatic heterocycles. The summed E-state index contributed by atoms with van der Waals surface area (Å²) in [5.74, 6) is 0.703. The van der Waals surface area contributed by atoms with Gasteiger partial charge in [0, 0.05) is 30.9 Å². The minimum Gasteiger partial charge on any atom is -0.454 e. The third-order valence-corrected chi connectivity index (χ3v) is 4.33. The molecule has 128 valence electrons. The Morgan fingerprint density at radius 1 is 1.24 bits per heavy atom. The van der Waals surface area contributed by atoms with E-state index >= 15 is 0 Å². The van der Waals surface area contributed by atoms with Gasteiger partial charge in [0.1, 0.15) is 0 Å². The van der Waals surface area contributed by atoms with Crippen LogP contribution < -0.4 is 19.7 Å². The number of fused-ring (bicyclic) bond motifs is 1. The Labute approximate surface area is 144 Å². The molecule has 2 aromatic rings. The highest BCUT2D eigenvalue weighted by molar-refractivity contribution is 6.00. The number of pyridine rings is 1. The molecule has 7 heteroatoms. The maximum absolute atomic E-state index is 12.4. The lowest BCUT2D eigenvalue weighted by Crippen LogP contribution is -2.32. The monoisotopic (exact) mass is 339 g/mol. The fourth-order valence-electron chi connectivity index (χ4n) is 3.01. The molecule has 1 saturated heterocycles. The van der Waals surface area contributed by atoms with Crippen LogP contribution in [-0.4, -0.2) is 30.1 Å². The third kappa shape index (κ3) is 3.13. The van der Waals surface area contributed by atoms with E-state index in [1.54, 1.807) is 29.3 Å². The fraction of sp³-hybridized carbons (Fsp3) is 0.278. The van der Waals surface area contributed by atoms with Gasteiger partial charge in [-0.3, -0.25) is 14.6 Å². The predicted molar refractivity (Wildman–Crippen MR) is 89.1 cm³/mol. The summed E-state index contributed by atoms with van der Waals surface area (Å²) >= 11 is 0. The van der Waals surface area contributed by atoms with Gasteiger partial charge >= 0.3 is 0 Å². The van der Waals surface area contributed by atoms with Crippen molar-refractivity contribution in [1.82, 2.24) is 10.3 Å². The average Bonchev–Trinajstić information content (AvgIpc) is 3.26. The predicted octanol–water partition coefficient (Wildman–Crippen LogP) is 1.48. The molecule has 1 N–H and O–H groups in total. The number of benzene rings is 1. The van der Waals surface area contributed by atoms with Crippen LogP contribution in [0, 0.1) is 5.92 Å². The van der Waals surface area contributed by atoms with Gasteiger partial charge in [-0.15, -0.1) is 0 Å². The molecule has 0 aliphatic carbocycles. The lowest BCUT2D eigenvalue weighted by Gasteiger charge is -2.17. The first-order valence-corrected chi connectivity index (χ1v) is 8.08. The van der Waals surface area contributed by atoms with Gasteiger partial charge in [0.25, 0.3) is 0 Å². The second kappa shape index (κ2) is 6.43. The van der Waals surface area contributed by atoms with Crippen LogP contribution in [0.3, 0.4) is 0 Å². The topological polar surface area (TPSA) is 80.8 Å². The molecule has 1 unspecified atom stereocenters. The van der Waals surface area contributed by atoms with Crippen molar-refractivity contribution < 1.29 is 19.1 Å². The number of ether oxygens (including phenoxy) is 2. The van der Waals surface area contributed by atoms with Crippen molar-refractivity contribution in [2.45, 2.75) is 13.0 Å². The second-order valence-corrected chi connectivity index (χ2v) is 5.98. The van der Waals surface area contributed by atoms with E-state index in [0.29, 0.717) is 30.3 Å². The number of hydrogen-bond donors (Lipinski definition) is 1. The van der Waals surface area contributed by atoms with Gasteiger partial charge in [0.2, 0.25) is 18.6 Å². The van der Waals surface area contributed by atoms with E-state index in [1.165, 1.54) is 0 Å². The number of hydrogen-bond acceptors (Lipinski definition) is 5. The number of carbonyl (C=O) groups excluding carboxylic acids is 2. The summed E-state index contributed by atoms with van der Waals surface area (Å²) < 4.78 is 10.6. The van der Waals surface area contributed by atoms with E-state index in [0.717, 1.165) is 5.69 Å². The molecule has 0 saturated carbocycles. The Balaban J connectivity index is 1.40. The van der Waals surface area contributed by atoms with Crippen LogP contribution >= 0.6 is 0 Å². The summed E-state index contributed by atoms with van der Waals surface area (Å²) in [4.78, 5) is 30.5. The average molecular weight is 339 g/mol. The molecule has 0 radical (unpaired) electrons. The summed E-state index contributed by atoms with van der Waals surface area (Å²) in [6.45, 7) is 0.895. The highest BCUT2D eigenvalue weighted by Gasteiger charge is 2.35. The van der Waals surface area contributed by atoms with Crippen LogP contribution in [0.15, 0.2) is 42.6 Å². The zero-order valence-corrected chi connectivity index (χ0v) is 13.5. The van der Waals surface area contributed by atoms with Crippen molar-refractivity contribution >= 4 is 17.5 Å². The summed E-state index contributed by atoms with van der Waals surface area (Å²) in [6, 6.07) is 10.9. The van der Waals surface area contributed by atoms with Crippen LogP contribution in [0.5, 0.6) is 11.5 Å². The molecular formula is C18H17N3O4. The molecule has 1 aromatic heterocycles. The standard InChI is InChI=1S/C18H17N3O4/c22-17-7-12(18(23)20-9-13-3-1-2-6-19-13)10-21(17)14-4-5-15-16(8-14)25-11-24-15/h1-6,8,12H,7,9-11H2,(H,20,23). The molecule has 2 amide bonds. The molecular weight excluding hydrogens is 322 g/mol. The first-order chi connectivity index (χ1) is 12.2. The summed E-state index contributed by atoms with van der Waals surface area (Å²) in [5.41, 5.74) is 1.50. The Kier molecular flexibility index (Phi) is 3.97. The third-order valence-electron chi connectivity index (χ3n) is 4.33. The van der Waals surface area contributed by atoms with Gasteiger partial charge in [0.15, 0.2) is 11.5 Å². The molecule has 0 spiro atoms. The zero-order chi connectivity index (χ0) is 17.2. The normalized spacial score (nSPS) is 18.5. The first-order valence-electron chi connectivity index (χ1n) is 8.08. The van der Waals surface area contributed by atoms with E-state index in [-0.39, 0.29) is 30.9 Å². The van der Waals surface area contributed by atoms with E-state index in [1.807, 2.05) is 18.2 Å². The maximum atomic E-state index is 12.4. The van der Waals surface area contributed by atoms with Crippen molar-refractivity contribution in [2.24, 2.45) is 5.92 Å². The van der Waals surface area contributed by atoms with E-state index in [2.05, 4.69) is 10.3 Å². The summed E-state index contributed by atoms with van der Waals surface area (Å²) in [5, 5.41) is 2.85. The highest BCUT2D eigenvalue weighted by Crippen LogP contribution is 2.37. The van der Waals surface area contributed by atoms with Gasteiger partial charge in [-0.25, -0.2) is 0 Å². The largest absolute Gasteiger partial charge is 0.454 e. The fourth-order valence-corrected chi connectivity index (χ4v) is 3.01. The van der Waals surface area contributed by atoms with E-state index in [4.69, 9.17) is 9.47 Å². The Morgan fingerprint density at radius 3 is 2.96 bits per heavy atom. The van der Waals surface area contributed by atoms with Crippen LogP contribution in [0.1, 0.15) is 12.1 Å². The first kappa shape index (κ1) is 15.4. The number of anilines is 1. The molecule has 3 heterocycles. The zero-order valence-electron chi connectivity index (χ0n) is 13.5. The van der Waals surface area contributed by atoms with Crippen molar-refractivity contribution in [3.63, 3.8) is 0 Å². The van der Waals surface area contributed by atoms with Crippen LogP contribution in [0.25, 0.3) is 0 Å². The second-order valence-electron chi connectivity index (χ2n) is 5.98. The SMILES string of the molecule is O=C(NCc1ccccn1)C1CC(=O)N(c2ccc3c(c2)OCO3)C1. The minimum absolute atomic E-state index is 0.0724. The number of aromatic nitrogens is 1.